The van der Waals surface area contributed by atoms with Gasteiger partial charge >= 0.3 is 0 Å². The molecule has 0 aromatic heterocycles. The van der Waals surface area contributed by atoms with Crippen molar-refractivity contribution in [2.24, 2.45) is 0 Å². The molecule has 2 N–H and O–H groups in total. The van der Waals surface area contributed by atoms with Crippen LogP contribution in [-0.4, -0.2) is 29.4 Å². The number of carbonyl (C=O) groups excluding carboxylic acids is 2. The lowest BCUT2D eigenvalue weighted by Gasteiger charge is -2.13. The van der Waals surface area contributed by atoms with Crippen LogP contribution in [0.25, 0.3) is 0 Å². The monoisotopic (exact) mass is 398 g/mol. The summed E-state index contributed by atoms with van der Waals surface area (Å²) in [5, 5.41) is 5.88. The fourth-order valence-corrected chi connectivity index (χ4v) is 3.80. The number of carbonyl (C=O) groups is 2. The minimum atomic E-state index is -0.113. The molecule has 2 amide bonds. The Morgan fingerprint density at radius 2 is 1.68 bits per heavy atom. The molecule has 0 unspecified atom stereocenters. The number of para-hydroxylation sites is 1. The zero-order chi connectivity index (χ0) is 20.4. The van der Waals surface area contributed by atoms with Crippen LogP contribution in [0, 0.1) is 13.8 Å². The van der Waals surface area contributed by atoms with Crippen LogP contribution in [0.15, 0.2) is 48.5 Å². The summed E-state index contributed by atoms with van der Waals surface area (Å²) in [7, 11) is 0. The van der Waals surface area contributed by atoms with E-state index in [1.54, 1.807) is 11.8 Å². The number of benzene rings is 2. The molecule has 0 bridgehead atoms. The van der Waals surface area contributed by atoms with Gasteiger partial charge in [0.2, 0.25) is 11.8 Å². The van der Waals surface area contributed by atoms with Gasteiger partial charge in [-0.15, -0.1) is 11.8 Å². The first-order valence-corrected chi connectivity index (χ1v) is 10.8. The fraction of sp³-hybridized carbons (Fsp3) is 0.391. The van der Waals surface area contributed by atoms with E-state index in [2.05, 4.69) is 22.8 Å². The van der Waals surface area contributed by atoms with Crippen molar-refractivity contribution >= 4 is 29.3 Å². The Morgan fingerprint density at radius 1 is 1.00 bits per heavy atom. The van der Waals surface area contributed by atoms with Crippen molar-refractivity contribution in [3.8, 4) is 0 Å². The van der Waals surface area contributed by atoms with E-state index in [-0.39, 0.29) is 17.1 Å². The van der Waals surface area contributed by atoms with Crippen LogP contribution in [0.5, 0.6) is 0 Å². The van der Waals surface area contributed by atoms with Gasteiger partial charge in [0.15, 0.2) is 0 Å². The van der Waals surface area contributed by atoms with Gasteiger partial charge in [0.25, 0.3) is 0 Å². The second-order valence-corrected chi connectivity index (χ2v) is 8.41. The third-order valence-electron chi connectivity index (χ3n) is 4.59. The number of rotatable bonds is 10. The van der Waals surface area contributed by atoms with Gasteiger partial charge in [-0.3, -0.25) is 9.59 Å². The second-order valence-electron chi connectivity index (χ2n) is 6.96. The Labute approximate surface area is 172 Å². The first-order chi connectivity index (χ1) is 13.5. The molecule has 150 valence electrons. The summed E-state index contributed by atoms with van der Waals surface area (Å²) >= 11 is 1.59. The third kappa shape index (κ3) is 7.39. The minimum Gasteiger partial charge on any atom is -0.355 e. The molecule has 0 fully saturated rings. The van der Waals surface area contributed by atoms with Gasteiger partial charge in [0.1, 0.15) is 0 Å². The van der Waals surface area contributed by atoms with E-state index >= 15 is 0 Å². The number of anilines is 1. The number of nitrogens with one attached hydrogen (secondary N) is 2. The maximum atomic E-state index is 12.2. The summed E-state index contributed by atoms with van der Waals surface area (Å²) in [5.74, 6) is 0.867. The predicted molar refractivity (Wildman–Crippen MR) is 119 cm³/mol. The first kappa shape index (κ1) is 22.0. The molecule has 0 aliphatic carbocycles. The van der Waals surface area contributed by atoms with Gasteiger partial charge in [-0.2, -0.15) is 0 Å². The van der Waals surface area contributed by atoms with E-state index in [9.17, 15) is 9.59 Å². The molecule has 0 saturated carbocycles. The highest BCUT2D eigenvalue weighted by Crippen LogP contribution is 2.20. The first-order valence-electron chi connectivity index (χ1n) is 9.76. The highest BCUT2D eigenvalue weighted by atomic mass is 32.2. The van der Waals surface area contributed by atoms with Gasteiger partial charge in [-0.05, 0) is 56.1 Å². The van der Waals surface area contributed by atoms with Gasteiger partial charge in [-0.1, -0.05) is 48.5 Å². The zero-order valence-electron chi connectivity index (χ0n) is 17.0. The molecule has 0 saturated heterocycles. The van der Waals surface area contributed by atoms with Gasteiger partial charge in [0.05, 0.1) is 5.25 Å². The van der Waals surface area contributed by atoms with Crippen LogP contribution in [-0.2, 0) is 16.0 Å². The molecular weight excluding hydrogens is 368 g/mol. The average Bonchev–Trinajstić information content (AvgIpc) is 2.68. The summed E-state index contributed by atoms with van der Waals surface area (Å²) in [6, 6.07) is 16.1. The lowest BCUT2D eigenvalue weighted by Crippen LogP contribution is -2.32. The van der Waals surface area contributed by atoms with E-state index in [4.69, 9.17) is 0 Å². The van der Waals surface area contributed by atoms with Gasteiger partial charge in [-0.25, -0.2) is 0 Å². The van der Waals surface area contributed by atoms with E-state index in [1.165, 1.54) is 5.56 Å². The van der Waals surface area contributed by atoms with Gasteiger partial charge in [0, 0.05) is 18.7 Å². The minimum absolute atomic E-state index is 0.0259. The maximum Gasteiger partial charge on any atom is 0.232 e. The van der Waals surface area contributed by atoms with E-state index in [1.807, 2.05) is 57.2 Å². The van der Waals surface area contributed by atoms with Crippen molar-refractivity contribution in [1.29, 1.82) is 0 Å². The highest BCUT2D eigenvalue weighted by Gasteiger charge is 2.13. The highest BCUT2D eigenvalue weighted by molar-refractivity contribution is 8.00. The predicted octanol–water partition coefficient (Wildman–Crippen LogP) is 4.50. The summed E-state index contributed by atoms with van der Waals surface area (Å²) < 4.78 is 0. The SMILES string of the molecule is Cc1cccc(C)c1NC(=O)CCCS[C@H](C)C(=O)NCCc1ccccc1. The van der Waals surface area contributed by atoms with Crippen LogP contribution < -0.4 is 10.6 Å². The van der Waals surface area contributed by atoms with E-state index < -0.39 is 0 Å². The summed E-state index contributed by atoms with van der Waals surface area (Å²) in [5.41, 5.74) is 4.27. The van der Waals surface area contributed by atoms with Crippen molar-refractivity contribution in [3.63, 3.8) is 0 Å². The number of thioether (sulfide) groups is 1. The largest absolute Gasteiger partial charge is 0.355 e. The maximum absolute atomic E-state index is 12.2. The lowest BCUT2D eigenvalue weighted by atomic mass is 10.1. The summed E-state index contributed by atoms with van der Waals surface area (Å²) in [6.07, 6.45) is 2.05. The number of aryl methyl sites for hydroxylation is 2. The van der Waals surface area contributed by atoms with Crippen LogP contribution >= 0.6 is 11.8 Å². The fourth-order valence-electron chi connectivity index (χ4n) is 2.90. The summed E-state index contributed by atoms with van der Waals surface area (Å²) in [6.45, 7) is 6.55. The number of hydrogen-bond acceptors (Lipinski definition) is 3. The molecule has 2 aromatic carbocycles. The van der Waals surface area contributed by atoms with Gasteiger partial charge < -0.3 is 10.6 Å². The molecule has 2 rings (SSSR count). The molecule has 2 aromatic rings. The number of hydrogen-bond donors (Lipinski definition) is 2. The number of amides is 2. The molecule has 0 aliphatic rings. The Bertz CT molecular complexity index is 757. The molecule has 5 heteroatoms. The topological polar surface area (TPSA) is 58.2 Å². The molecule has 28 heavy (non-hydrogen) atoms. The molecular formula is C23H30N2O2S. The Balaban J connectivity index is 1.61. The van der Waals surface area contributed by atoms with Crippen LogP contribution in [0.4, 0.5) is 5.69 Å². The smallest absolute Gasteiger partial charge is 0.232 e. The normalized spacial score (nSPS) is 11.7. The standard InChI is InChI=1S/C23H30N2O2S/c1-17-9-7-10-18(2)22(17)25-21(26)13-8-16-28-19(3)23(27)24-15-14-20-11-5-4-6-12-20/h4-7,9-12,19H,8,13-16H2,1-3H3,(H,24,27)(H,25,26)/t19-/m1/s1. The zero-order valence-corrected chi connectivity index (χ0v) is 17.8. The van der Waals surface area contributed by atoms with E-state index in [0.717, 1.165) is 35.4 Å². The Hall–Kier alpha value is -2.27. The quantitative estimate of drug-likeness (QED) is 0.579. The second kappa shape index (κ2) is 11.5. The Morgan fingerprint density at radius 3 is 2.36 bits per heavy atom. The van der Waals surface area contributed by atoms with E-state index in [0.29, 0.717) is 13.0 Å². The third-order valence-corrected chi connectivity index (χ3v) is 5.82. The molecule has 0 spiro atoms. The summed E-state index contributed by atoms with van der Waals surface area (Å²) in [4.78, 5) is 24.3. The average molecular weight is 399 g/mol. The lowest BCUT2D eigenvalue weighted by molar-refractivity contribution is -0.120. The molecule has 1 atom stereocenters. The van der Waals surface area contributed by atoms with Crippen molar-refractivity contribution in [3.05, 3.63) is 65.2 Å². The molecule has 4 nitrogen and oxygen atoms in total. The van der Waals surface area contributed by atoms with Crippen molar-refractivity contribution in [2.45, 2.75) is 45.3 Å². The Kier molecular flexibility index (Phi) is 9.08. The van der Waals surface area contributed by atoms with Crippen LogP contribution in [0.3, 0.4) is 0 Å². The van der Waals surface area contributed by atoms with Crippen molar-refractivity contribution < 1.29 is 9.59 Å². The van der Waals surface area contributed by atoms with Crippen molar-refractivity contribution in [1.82, 2.24) is 5.32 Å². The van der Waals surface area contributed by atoms with Crippen LogP contribution in [0.1, 0.15) is 36.5 Å². The molecule has 0 heterocycles. The van der Waals surface area contributed by atoms with Crippen molar-refractivity contribution in [2.75, 3.05) is 17.6 Å². The van der Waals surface area contributed by atoms with Crippen LogP contribution in [0.2, 0.25) is 0 Å². The molecule has 0 aliphatic heterocycles. The molecule has 0 radical (unpaired) electrons.